The molecule has 3 atom stereocenters. The van der Waals surface area contributed by atoms with Gasteiger partial charge in [0.25, 0.3) is 0 Å². The van der Waals surface area contributed by atoms with Crippen LogP contribution in [0.2, 0.25) is 54.4 Å². The van der Waals surface area contributed by atoms with E-state index >= 15 is 0 Å². The van der Waals surface area contributed by atoms with E-state index in [1.807, 2.05) is 6.08 Å². The lowest BCUT2D eigenvalue weighted by Crippen LogP contribution is -2.50. The van der Waals surface area contributed by atoms with Crippen LogP contribution >= 0.6 is 0 Å². The highest BCUT2D eigenvalue weighted by Gasteiger charge is 2.45. The molecule has 35 heavy (non-hydrogen) atoms. The highest BCUT2D eigenvalue weighted by molar-refractivity contribution is 6.75. The topological polar surface area (TPSA) is 27.7 Å². The van der Waals surface area contributed by atoms with Crippen molar-refractivity contribution >= 4 is 25.0 Å². The zero-order valence-electron chi connectivity index (χ0n) is 26.1. The van der Waals surface area contributed by atoms with Crippen molar-refractivity contribution in [2.24, 2.45) is 5.92 Å². The standard InChI is InChI=1S/C29H60O3Si3/c1-18-21-26(32-35(16,17)29(9,10)11)24(22-20-23-30-33(12,13)27(3,4)5)25(19-2)31-34(14,15)28(6,7)8/h1,19,24-26H,2,20-23H2,3-17H3/t24-,25-,26+/m1/s1. The summed E-state index contributed by atoms with van der Waals surface area (Å²) in [4.78, 5) is 0. The normalized spacial score (nSPS) is 17.0. The van der Waals surface area contributed by atoms with E-state index in [0.29, 0.717) is 6.42 Å². The molecule has 3 nitrogen and oxygen atoms in total. The maximum absolute atomic E-state index is 6.99. The van der Waals surface area contributed by atoms with E-state index in [4.69, 9.17) is 19.7 Å². The summed E-state index contributed by atoms with van der Waals surface area (Å²) in [6, 6.07) is 0. The summed E-state index contributed by atoms with van der Waals surface area (Å²) in [6.07, 6.45) is 10.3. The summed E-state index contributed by atoms with van der Waals surface area (Å²) in [7, 11) is -5.81. The Morgan fingerprint density at radius 1 is 0.771 bits per heavy atom. The van der Waals surface area contributed by atoms with Gasteiger partial charge in [0.2, 0.25) is 0 Å². The number of hydrogen-bond acceptors (Lipinski definition) is 3. The van der Waals surface area contributed by atoms with Gasteiger partial charge >= 0.3 is 0 Å². The monoisotopic (exact) mass is 540 g/mol. The van der Waals surface area contributed by atoms with Crippen LogP contribution in [0.25, 0.3) is 0 Å². The van der Waals surface area contributed by atoms with Gasteiger partial charge in [-0.2, -0.15) is 0 Å². The van der Waals surface area contributed by atoms with Crippen molar-refractivity contribution in [3.8, 4) is 12.3 Å². The molecule has 0 bridgehead atoms. The molecule has 0 aliphatic carbocycles. The van der Waals surface area contributed by atoms with Gasteiger partial charge in [-0.25, -0.2) is 0 Å². The third kappa shape index (κ3) is 10.2. The summed E-state index contributed by atoms with van der Waals surface area (Å²) >= 11 is 0. The quantitative estimate of drug-likeness (QED) is 0.101. The van der Waals surface area contributed by atoms with Crippen LogP contribution in [0, 0.1) is 18.3 Å². The molecule has 0 N–H and O–H groups in total. The van der Waals surface area contributed by atoms with Gasteiger partial charge in [0, 0.05) is 18.9 Å². The van der Waals surface area contributed by atoms with Crippen LogP contribution in [0.15, 0.2) is 12.7 Å². The zero-order valence-corrected chi connectivity index (χ0v) is 29.1. The Hall–Kier alpha value is -0.169. The van der Waals surface area contributed by atoms with Crippen molar-refractivity contribution in [2.75, 3.05) is 6.61 Å². The van der Waals surface area contributed by atoms with E-state index in [1.165, 1.54) is 0 Å². The van der Waals surface area contributed by atoms with E-state index in [0.717, 1.165) is 19.4 Å². The molecule has 0 spiro atoms. The number of terminal acetylenes is 1. The number of rotatable bonds is 13. The third-order valence-corrected chi connectivity index (χ3v) is 22.4. The maximum atomic E-state index is 6.99. The molecule has 0 aromatic heterocycles. The van der Waals surface area contributed by atoms with Gasteiger partial charge in [-0.1, -0.05) is 68.4 Å². The second kappa shape index (κ2) is 12.6. The fourth-order valence-corrected chi connectivity index (χ4v) is 6.96. The van der Waals surface area contributed by atoms with Gasteiger partial charge in [0.05, 0.1) is 12.2 Å². The van der Waals surface area contributed by atoms with Gasteiger partial charge in [-0.15, -0.1) is 18.9 Å². The lowest BCUT2D eigenvalue weighted by molar-refractivity contribution is 0.0422. The molecule has 0 aliphatic heterocycles. The van der Waals surface area contributed by atoms with Crippen LogP contribution in [-0.4, -0.2) is 43.8 Å². The molecule has 0 radical (unpaired) electrons. The van der Waals surface area contributed by atoms with Crippen LogP contribution in [0.3, 0.4) is 0 Å². The summed E-state index contributed by atoms with van der Waals surface area (Å²) in [5.74, 6) is 3.07. The minimum Gasteiger partial charge on any atom is -0.417 e. The molecule has 0 saturated carbocycles. The van der Waals surface area contributed by atoms with Gasteiger partial charge in [-0.3, -0.25) is 0 Å². The fourth-order valence-electron chi connectivity index (χ4n) is 3.20. The molecular formula is C29H60O3Si3. The Balaban J connectivity index is 6.04. The van der Waals surface area contributed by atoms with Crippen molar-refractivity contribution < 1.29 is 13.3 Å². The minimum atomic E-state index is -2.02. The van der Waals surface area contributed by atoms with Crippen molar-refractivity contribution in [3.63, 3.8) is 0 Å². The van der Waals surface area contributed by atoms with Gasteiger partial charge in [0.15, 0.2) is 25.0 Å². The van der Waals surface area contributed by atoms with Gasteiger partial charge in [0.1, 0.15) is 0 Å². The van der Waals surface area contributed by atoms with Crippen LogP contribution in [0.1, 0.15) is 81.6 Å². The molecule has 0 saturated heterocycles. The van der Waals surface area contributed by atoms with E-state index in [-0.39, 0.29) is 33.2 Å². The molecule has 6 heteroatoms. The molecule has 206 valence electrons. The highest BCUT2D eigenvalue weighted by Crippen LogP contribution is 2.42. The lowest BCUT2D eigenvalue weighted by atomic mass is 9.89. The van der Waals surface area contributed by atoms with Crippen molar-refractivity contribution in [1.29, 1.82) is 0 Å². The predicted octanol–water partition coefficient (Wildman–Crippen LogP) is 9.39. The Bertz CT molecular complexity index is 701. The molecular weight excluding hydrogens is 481 g/mol. The van der Waals surface area contributed by atoms with E-state index in [1.54, 1.807) is 0 Å². The molecule has 0 aromatic carbocycles. The predicted molar refractivity (Wildman–Crippen MR) is 164 cm³/mol. The molecule has 0 heterocycles. The van der Waals surface area contributed by atoms with E-state index in [9.17, 15) is 0 Å². The second-order valence-electron chi connectivity index (χ2n) is 14.8. The van der Waals surface area contributed by atoms with E-state index < -0.39 is 25.0 Å². The summed E-state index contributed by atoms with van der Waals surface area (Å²) < 4.78 is 20.5. The van der Waals surface area contributed by atoms with Crippen LogP contribution < -0.4 is 0 Å². The first-order chi connectivity index (χ1) is 15.4. The van der Waals surface area contributed by atoms with Crippen LogP contribution in [-0.2, 0) is 13.3 Å². The smallest absolute Gasteiger partial charge is 0.192 e. The van der Waals surface area contributed by atoms with Gasteiger partial charge < -0.3 is 13.3 Å². The van der Waals surface area contributed by atoms with Crippen molar-refractivity contribution in [2.45, 2.75) is 148 Å². The summed E-state index contributed by atoms with van der Waals surface area (Å²) in [5.41, 5.74) is 0. The number of hydrogen-bond donors (Lipinski definition) is 0. The average molecular weight is 541 g/mol. The largest absolute Gasteiger partial charge is 0.417 e. The first kappa shape index (κ1) is 34.8. The Labute approximate surface area is 223 Å². The molecule has 0 aromatic rings. The second-order valence-corrected chi connectivity index (χ2v) is 29.1. The molecule has 0 rings (SSSR count). The first-order valence-corrected chi connectivity index (χ1v) is 22.2. The summed E-state index contributed by atoms with van der Waals surface area (Å²) in [6.45, 7) is 39.4. The van der Waals surface area contributed by atoms with Crippen LogP contribution in [0.5, 0.6) is 0 Å². The highest BCUT2D eigenvalue weighted by atomic mass is 28.4. The Morgan fingerprint density at radius 2 is 1.20 bits per heavy atom. The van der Waals surface area contributed by atoms with Crippen LogP contribution in [0.4, 0.5) is 0 Å². The Kier molecular flexibility index (Phi) is 12.5. The first-order valence-electron chi connectivity index (χ1n) is 13.5. The van der Waals surface area contributed by atoms with Crippen molar-refractivity contribution in [3.05, 3.63) is 12.7 Å². The summed E-state index contributed by atoms with van der Waals surface area (Å²) in [5, 5.41) is 0.435. The zero-order chi connectivity index (χ0) is 28.1. The average Bonchev–Trinajstić information content (AvgIpc) is 2.63. The third-order valence-electron chi connectivity index (χ3n) is 8.89. The Morgan fingerprint density at radius 3 is 1.57 bits per heavy atom. The maximum Gasteiger partial charge on any atom is 0.192 e. The molecule has 0 amide bonds. The molecule has 0 aliphatic rings. The van der Waals surface area contributed by atoms with Crippen molar-refractivity contribution in [1.82, 2.24) is 0 Å². The minimum absolute atomic E-state index is 0.0541. The fraction of sp³-hybridized carbons (Fsp3) is 0.862. The molecule has 0 unspecified atom stereocenters. The van der Waals surface area contributed by atoms with E-state index in [2.05, 4.69) is 114 Å². The lowest BCUT2D eigenvalue weighted by Gasteiger charge is -2.45. The van der Waals surface area contributed by atoms with Gasteiger partial charge in [-0.05, 0) is 67.2 Å². The molecule has 0 fully saturated rings. The SMILES string of the molecule is C#CC[C@H](O[Si](C)(C)C(C)(C)C)[C@H](CCCO[Si](C)(C)C(C)(C)C)[C@@H](C=C)O[Si](C)(C)C(C)(C)C.